The van der Waals surface area contributed by atoms with Crippen LogP contribution >= 0.6 is 0 Å². The van der Waals surface area contributed by atoms with Crippen molar-refractivity contribution >= 4 is 30.1 Å². The zero-order valence-electron chi connectivity index (χ0n) is 13.5. The van der Waals surface area contributed by atoms with Crippen molar-refractivity contribution in [2.75, 3.05) is 0 Å². The first-order chi connectivity index (χ1) is 6.62. The van der Waals surface area contributed by atoms with E-state index in [-0.39, 0.29) is 7.35 Å². The van der Waals surface area contributed by atoms with Crippen molar-refractivity contribution in [1.29, 1.82) is 0 Å². The van der Waals surface area contributed by atoms with Gasteiger partial charge in [-0.1, -0.05) is 85.8 Å². The van der Waals surface area contributed by atoms with Crippen LogP contribution in [0.1, 0.15) is 20.8 Å². The molecule has 0 fully saturated rings. The monoisotopic (exact) mass is 289 g/mol. The van der Waals surface area contributed by atoms with E-state index in [2.05, 4.69) is 73.1 Å². The quantitative estimate of drug-likeness (QED) is 0.648. The largest absolute Gasteiger partial charge is 0.251 e. The van der Waals surface area contributed by atoms with Gasteiger partial charge in [0.2, 0.25) is 0 Å². The van der Waals surface area contributed by atoms with Crippen LogP contribution in [0.2, 0.25) is 57.4 Å². The van der Waals surface area contributed by atoms with E-state index >= 15 is 0 Å². The highest BCUT2D eigenvalue weighted by Crippen LogP contribution is 2.42. The summed E-state index contributed by atoms with van der Waals surface area (Å²) in [7, 11) is -3.06. The van der Waals surface area contributed by atoms with Gasteiger partial charge in [-0.15, -0.1) is 15.2 Å². The van der Waals surface area contributed by atoms with Gasteiger partial charge in [0.25, 0.3) is 0 Å². The van der Waals surface area contributed by atoms with Gasteiger partial charge in [0.15, 0.2) is 0 Å². The van der Waals surface area contributed by atoms with Gasteiger partial charge in [0.1, 0.15) is 0 Å². The van der Waals surface area contributed by atoms with E-state index in [9.17, 15) is 0 Å². The zero-order valence-corrected chi connectivity index (χ0v) is 17.5. The molecule has 0 aromatic carbocycles. The Morgan fingerprint density at radius 1 is 0.625 bits per heavy atom. The Bertz CT molecular complexity index is 223. The Morgan fingerprint density at radius 2 is 0.875 bits per heavy atom. The second-order valence-electron chi connectivity index (χ2n) is 8.75. The molecule has 98 valence electrons. The van der Waals surface area contributed by atoms with Crippen LogP contribution in [0.4, 0.5) is 0 Å². The summed E-state index contributed by atoms with van der Waals surface area (Å²) in [5.74, 6) is 0. The average Bonchev–Trinajstić information content (AvgIpc) is 1.72. The Hall–Kier alpha value is 0.868. The molecule has 0 spiro atoms. The van der Waals surface area contributed by atoms with Crippen LogP contribution in [0.25, 0.3) is 0 Å². The fourth-order valence-electron chi connectivity index (χ4n) is 3.38. The molecule has 0 rings (SSSR count). The molecule has 0 N–H and O–H groups in total. The molecule has 0 amide bonds. The van der Waals surface area contributed by atoms with Gasteiger partial charge in [0.05, 0.1) is 0 Å². The molecule has 0 aromatic rings. The minimum absolute atomic E-state index is 0.0926. The third-order valence-electron chi connectivity index (χ3n) is 4.00. The summed E-state index contributed by atoms with van der Waals surface area (Å²) in [6.07, 6.45) is 0. The van der Waals surface area contributed by atoms with Crippen LogP contribution in [0.5, 0.6) is 0 Å². The highest BCUT2D eigenvalue weighted by molar-refractivity contribution is 7.81. The maximum absolute atomic E-state index is 2.69. The second-order valence-corrected chi connectivity index (χ2v) is 45.0. The molecule has 0 aliphatic heterocycles. The molecular weight excluding hydrogens is 256 g/mol. The molecule has 0 bridgehead atoms. The summed E-state index contributed by atoms with van der Waals surface area (Å²) in [5.41, 5.74) is 0. The molecule has 0 aliphatic rings. The Balaban J connectivity index is 5.57. The van der Waals surface area contributed by atoms with Crippen LogP contribution in [0.15, 0.2) is 0 Å². The van der Waals surface area contributed by atoms with Crippen LogP contribution in [-0.4, -0.2) is 30.1 Å². The van der Waals surface area contributed by atoms with Crippen molar-refractivity contribution in [3.8, 4) is 0 Å². The molecule has 0 radical (unpaired) electrons. The van der Waals surface area contributed by atoms with Gasteiger partial charge in [-0.3, -0.25) is 7.35 Å². The molecule has 0 saturated heterocycles. The highest BCUT2D eigenvalue weighted by Gasteiger charge is 2.41. The van der Waals surface area contributed by atoms with Crippen molar-refractivity contribution in [2.45, 2.75) is 78.2 Å². The smallest absolute Gasteiger partial charge is 0.0653 e. The summed E-state index contributed by atoms with van der Waals surface area (Å²) < 4.78 is 0. The maximum atomic E-state index is 2.69. The fourth-order valence-corrected chi connectivity index (χ4v) is 91.1. The molecular formula is C12H33Si4-. The fraction of sp³-hybridized carbons (Fsp3) is 1.00. The van der Waals surface area contributed by atoms with Gasteiger partial charge < -0.3 is 0 Å². The van der Waals surface area contributed by atoms with E-state index in [1.807, 2.05) is 0 Å². The van der Waals surface area contributed by atoms with Crippen LogP contribution in [0.3, 0.4) is 0 Å². The van der Waals surface area contributed by atoms with Crippen LogP contribution in [-0.2, 0) is 0 Å². The highest BCUT2D eigenvalue weighted by atomic mass is 29.9. The molecule has 16 heavy (non-hydrogen) atoms. The van der Waals surface area contributed by atoms with Crippen molar-refractivity contribution in [2.24, 2.45) is 0 Å². The first-order valence-corrected chi connectivity index (χ1v) is 21.0. The van der Waals surface area contributed by atoms with E-state index in [0.29, 0.717) is 5.04 Å². The lowest BCUT2D eigenvalue weighted by Crippen LogP contribution is -2.74. The Labute approximate surface area is 108 Å². The maximum Gasteiger partial charge on any atom is -0.0653 e. The second kappa shape index (κ2) is 4.52. The topological polar surface area (TPSA) is 0 Å². The van der Waals surface area contributed by atoms with E-state index in [0.717, 1.165) is 0 Å². The minimum atomic E-state index is -1.08. The van der Waals surface area contributed by atoms with E-state index in [1.165, 1.54) is 0 Å². The lowest BCUT2D eigenvalue weighted by Gasteiger charge is -2.65. The number of hydrogen-bond acceptors (Lipinski definition) is 0. The van der Waals surface area contributed by atoms with Gasteiger partial charge in [0, 0.05) is 0 Å². The minimum Gasteiger partial charge on any atom is -0.251 e. The first-order valence-electron chi connectivity index (χ1n) is 6.50. The predicted molar refractivity (Wildman–Crippen MR) is 89.6 cm³/mol. The lowest BCUT2D eigenvalue weighted by atomic mass is 10.2. The molecule has 0 atom stereocenters. The molecule has 0 aromatic heterocycles. The van der Waals surface area contributed by atoms with Crippen LogP contribution in [0, 0.1) is 0 Å². The third kappa shape index (κ3) is 3.68. The zero-order chi connectivity index (χ0) is 13.6. The molecule has 4 heteroatoms. The Morgan fingerprint density at radius 3 is 0.938 bits per heavy atom. The van der Waals surface area contributed by atoms with Gasteiger partial charge >= 0.3 is 0 Å². The normalized spacial score (nSPS) is 15.8. The predicted octanol–water partition coefficient (Wildman–Crippen LogP) is 4.90. The molecule has 0 saturated carbocycles. The summed E-state index contributed by atoms with van der Waals surface area (Å²) in [4.78, 5) is 0. The molecule has 0 nitrogen and oxygen atoms in total. The van der Waals surface area contributed by atoms with Gasteiger partial charge in [-0.2, -0.15) is 0 Å². The van der Waals surface area contributed by atoms with Crippen molar-refractivity contribution < 1.29 is 0 Å². The third-order valence-corrected chi connectivity index (χ3v) is 65.2. The number of rotatable bonds is 3. The molecule has 0 unspecified atom stereocenters. The summed E-state index contributed by atoms with van der Waals surface area (Å²) in [6.45, 7) is 28.7. The van der Waals surface area contributed by atoms with Gasteiger partial charge in [-0.05, 0) is 0 Å². The Kier molecular flexibility index (Phi) is 4.76. The van der Waals surface area contributed by atoms with Crippen molar-refractivity contribution in [3.05, 3.63) is 0 Å². The van der Waals surface area contributed by atoms with E-state index in [1.54, 1.807) is 0 Å². The standard InChI is InChI=1S/C12H33Si4/c1-12(2,3)16(10,11)13(14(4,5)6)15(7,8)9/h1-11H3/q-1. The number of hydrogen-bond donors (Lipinski definition) is 0. The van der Waals surface area contributed by atoms with E-state index < -0.39 is 22.8 Å². The van der Waals surface area contributed by atoms with E-state index in [4.69, 9.17) is 0 Å². The first kappa shape index (κ1) is 16.9. The average molecular weight is 290 g/mol. The summed E-state index contributed by atoms with van der Waals surface area (Å²) in [6, 6.07) is 0. The van der Waals surface area contributed by atoms with Gasteiger partial charge in [-0.25, -0.2) is 0 Å². The van der Waals surface area contributed by atoms with Crippen LogP contribution < -0.4 is 0 Å². The van der Waals surface area contributed by atoms with Crippen molar-refractivity contribution in [1.82, 2.24) is 0 Å². The molecule has 0 aliphatic carbocycles. The summed E-state index contributed by atoms with van der Waals surface area (Å²) in [5, 5.41) is 0.585. The SMILES string of the molecule is CC(C)(C)[Si](C)(C)[Si-]([Si](C)(C)C)[Si](C)(C)C. The summed E-state index contributed by atoms with van der Waals surface area (Å²) >= 11 is 0. The van der Waals surface area contributed by atoms with Crippen molar-refractivity contribution in [3.63, 3.8) is 0 Å². The molecule has 0 heterocycles. The lowest BCUT2D eigenvalue weighted by molar-refractivity contribution is 0.734.